The predicted octanol–water partition coefficient (Wildman–Crippen LogP) is 2.29. The molecule has 0 saturated heterocycles. The van der Waals surface area contributed by atoms with E-state index in [1.165, 1.54) is 6.92 Å². The molecule has 0 aliphatic heterocycles. The van der Waals surface area contributed by atoms with Gasteiger partial charge >= 0.3 is 0 Å². The fourth-order valence-corrected chi connectivity index (χ4v) is 0.879. The fourth-order valence-electron chi connectivity index (χ4n) is 0.879. The van der Waals surface area contributed by atoms with E-state index >= 15 is 0 Å². The molecule has 0 aliphatic carbocycles. The van der Waals surface area contributed by atoms with Crippen LogP contribution in [0, 0.1) is 6.92 Å². The summed E-state index contributed by atoms with van der Waals surface area (Å²) in [6.45, 7) is 3.16. The first-order valence-electron chi connectivity index (χ1n) is 4.11. The van der Waals surface area contributed by atoms with Crippen molar-refractivity contribution in [1.29, 1.82) is 0 Å². The number of hydrogen-bond donors (Lipinski definition) is 1. The summed E-state index contributed by atoms with van der Waals surface area (Å²) in [6, 6.07) is 7.21. The molecule has 0 bridgehead atoms. The Morgan fingerprint density at radius 2 is 1.92 bits per heavy atom. The van der Waals surface area contributed by atoms with Gasteiger partial charge in [-0.15, -0.1) is 0 Å². The number of amides is 1. The molecule has 1 aromatic carbocycles. The van der Waals surface area contributed by atoms with Gasteiger partial charge in [-0.25, -0.2) is 4.39 Å². The van der Waals surface area contributed by atoms with Crippen LogP contribution in [0.1, 0.15) is 12.5 Å². The van der Waals surface area contributed by atoms with Crippen LogP contribution in [0.4, 0.5) is 10.1 Å². The van der Waals surface area contributed by atoms with Gasteiger partial charge in [-0.05, 0) is 26.0 Å². The van der Waals surface area contributed by atoms with E-state index in [2.05, 4.69) is 5.32 Å². The van der Waals surface area contributed by atoms with E-state index in [9.17, 15) is 9.18 Å². The van der Waals surface area contributed by atoms with Crippen LogP contribution in [-0.4, -0.2) is 12.1 Å². The second-order valence-corrected chi connectivity index (χ2v) is 2.97. The average molecular weight is 181 g/mol. The van der Waals surface area contributed by atoms with Crippen molar-refractivity contribution >= 4 is 11.6 Å². The summed E-state index contributed by atoms with van der Waals surface area (Å²) in [5, 5.41) is 2.45. The number of carbonyl (C=O) groups is 1. The van der Waals surface area contributed by atoms with E-state index < -0.39 is 12.1 Å². The molecule has 13 heavy (non-hydrogen) atoms. The highest BCUT2D eigenvalue weighted by Crippen LogP contribution is 2.09. The monoisotopic (exact) mass is 181 g/mol. The van der Waals surface area contributed by atoms with E-state index in [1.807, 2.05) is 19.1 Å². The molecule has 1 N–H and O–H groups in total. The van der Waals surface area contributed by atoms with Crippen molar-refractivity contribution in [2.24, 2.45) is 0 Å². The molecule has 0 saturated carbocycles. The first-order valence-corrected chi connectivity index (χ1v) is 4.11. The first-order chi connectivity index (χ1) is 6.09. The van der Waals surface area contributed by atoms with Crippen LogP contribution in [0.15, 0.2) is 24.3 Å². The van der Waals surface area contributed by atoms with Gasteiger partial charge in [0, 0.05) is 5.69 Å². The zero-order valence-corrected chi connectivity index (χ0v) is 7.67. The average Bonchev–Trinajstić information content (AvgIpc) is 2.08. The van der Waals surface area contributed by atoms with Gasteiger partial charge in [0.2, 0.25) is 0 Å². The van der Waals surface area contributed by atoms with Gasteiger partial charge in [-0.1, -0.05) is 17.7 Å². The Balaban J connectivity index is 2.65. The van der Waals surface area contributed by atoms with E-state index in [1.54, 1.807) is 12.1 Å². The van der Waals surface area contributed by atoms with Crippen molar-refractivity contribution in [1.82, 2.24) is 0 Å². The number of alkyl halides is 1. The molecule has 0 aromatic heterocycles. The van der Waals surface area contributed by atoms with Crippen LogP contribution in [-0.2, 0) is 4.79 Å². The van der Waals surface area contributed by atoms with Gasteiger partial charge in [0.25, 0.3) is 5.91 Å². The highest BCUT2D eigenvalue weighted by Gasteiger charge is 2.09. The molecule has 0 radical (unpaired) electrons. The zero-order chi connectivity index (χ0) is 9.84. The molecular weight excluding hydrogens is 169 g/mol. The smallest absolute Gasteiger partial charge is 0.258 e. The third-order valence-corrected chi connectivity index (χ3v) is 1.68. The molecule has 2 nitrogen and oxygen atoms in total. The van der Waals surface area contributed by atoms with Crippen LogP contribution in [0.5, 0.6) is 0 Å². The van der Waals surface area contributed by atoms with E-state index in [0.717, 1.165) is 5.56 Å². The molecule has 1 amide bonds. The molecule has 0 heterocycles. The quantitative estimate of drug-likeness (QED) is 0.745. The fraction of sp³-hybridized carbons (Fsp3) is 0.300. The largest absolute Gasteiger partial charge is 0.324 e. The summed E-state index contributed by atoms with van der Waals surface area (Å²) in [6.07, 6.45) is -1.47. The summed E-state index contributed by atoms with van der Waals surface area (Å²) >= 11 is 0. The molecule has 1 unspecified atom stereocenters. The Labute approximate surface area is 76.8 Å². The minimum absolute atomic E-state index is 0.608. The minimum Gasteiger partial charge on any atom is -0.324 e. The van der Waals surface area contributed by atoms with Crippen molar-refractivity contribution in [3.8, 4) is 0 Å². The third-order valence-electron chi connectivity index (χ3n) is 1.68. The lowest BCUT2D eigenvalue weighted by atomic mass is 10.2. The van der Waals surface area contributed by atoms with Crippen LogP contribution in [0.2, 0.25) is 0 Å². The summed E-state index contributed by atoms with van der Waals surface area (Å²) in [5.74, 6) is -0.608. The molecular formula is C10H12FNO. The highest BCUT2D eigenvalue weighted by atomic mass is 19.1. The SMILES string of the molecule is Cc1ccc(NC(=O)C(C)F)cc1. The van der Waals surface area contributed by atoms with E-state index in [-0.39, 0.29) is 0 Å². The highest BCUT2D eigenvalue weighted by molar-refractivity contribution is 5.93. The summed E-state index contributed by atoms with van der Waals surface area (Å²) < 4.78 is 12.4. The van der Waals surface area contributed by atoms with Crippen molar-refractivity contribution < 1.29 is 9.18 Å². The van der Waals surface area contributed by atoms with Crippen LogP contribution < -0.4 is 5.32 Å². The minimum atomic E-state index is -1.47. The number of anilines is 1. The lowest BCUT2D eigenvalue weighted by molar-refractivity contribution is -0.120. The number of halogens is 1. The second-order valence-electron chi connectivity index (χ2n) is 2.97. The zero-order valence-electron chi connectivity index (χ0n) is 7.67. The molecule has 0 fully saturated rings. The second kappa shape index (κ2) is 4.03. The predicted molar refractivity (Wildman–Crippen MR) is 50.4 cm³/mol. The Morgan fingerprint density at radius 1 is 1.38 bits per heavy atom. The van der Waals surface area contributed by atoms with Gasteiger partial charge in [0.05, 0.1) is 0 Å². The molecule has 1 rings (SSSR count). The standard InChI is InChI=1S/C10H12FNO/c1-7-3-5-9(6-4-7)12-10(13)8(2)11/h3-6,8H,1-2H3,(H,12,13). The summed E-state index contributed by atoms with van der Waals surface area (Å²) in [5.41, 5.74) is 1.73. The molecule has 1 atom stereocenters. The number of hydrogen-bond acceptors (Lipinski definition) is 1. The van der Waals surface area contributed by atoms with E-state index in [4.69, 9.17) is 0 Å². The molecule has 3 heteroatoms. The van der Waals surface area contributed by atoms with E-state index in [0.29, 0.717) is 5.69 Å². The number of nitrogens with one attached hydrogen (secondary N) is 1. The topological polar surface area (TPSA) is 29.1 Å². The maximum Gasteiger partial charge on any atom is 0.258 e. The Bertz CT molecular complexity index is 292. The lowest BCUT2D eigenvalue weighted by Gasteiger charge is -2.05. The van der Waals surface area contributed by atoms with Crippen molar-refractivity contribution in [3.63, 3.8) is 0 Å². The normalized spacial score (nSPS) is 12.2. The Kier molecular flexibility index (Phi) is 3.01. The number of rotatable bonds is 2. The first kappa shape index (κ1) is 9.71. The van der Waals surface area contributed by atoms with Crippen LogP contribution in [0.25, 0.3) is 0 Å². The summed E-state index contributed by atoms with van der Waals surface area (Å²) in [7, 11) is 0. The number of carbonyl (C=O) groups excluding carboxylic acids is 1. The summed E-state index contributed by atoms with van der Waals surface area (Å²) in [4.78, 5) is 10.9. The molecule has 1 aromatic rings. The van der Waals surface area contributed by atoms with Gasteiger partial charge in [-0.3, -0.25) is 4.79 Å². The third kappa shape index (κ3) is 2.86. The van der Waals surface area contributed by atoms with Gasteiger partial charge in [-0.2, -0.15) is 0 Å². The number of benzene rings is 1. The van der Waals surface area contributed by atoms with Crippen LogP contribution >= 0.6 is 0 Å². The molecule has 0 aliphatic rings. The molecule has 0 spiro atoms. The number of aryl methyl sites for hydroxylation is 1. The molecule has 70 valence electrons. The van der Waals surface area contributed by atoms with Gasteiger partial charge in [0.1, 0.15) is 0 Å². The van der Waals surface area contributed by atoms with Gasteiger partial charge < -0.3 is 5.32 Å². The maximum absolute atomic E-state index is 12.4. The van der Waals surface area contributed by atoms with Gasteiger partial charge in [0.15, 0.2) is 6.17 Å². The van der Waals surface area contributed by atoms with Crippen LogP contribution in [0.3, 0.4) is 0 Å². The maximum atomic E-state index is 12.4. The van der Waals surface area contributed by atoms with Crippen molar-refractivity contribution in [3.05, 3.63) is 29.8 Å². The Morgan fingerprint density at radius 3 is 2.38 bits per heavy atom. The van der Waals surface area contributed by atoms with Crippen molar-refractivity contribution in [2.45, 2.75) is 20.0 Å². The van der Waals surface area contributed by atoms with Crippen molar-refractivity contribution in [2.75, 3.05) is 5.32 Å². The Hall–Kier alpha value is -1.38. The lowest BCUT2D eigenvalue weighted by Crippen LogP contribution is -2.20.